The van der Waals surface area contributed by atoms with Gasteiger partial charge in [0, 0.05) is 0 Å². The number of anilines is 1. The molecular formula is C8H6FNOS. The van der Waals surface area contributed by atoms with Crippen molar-refractivity contribution in [1.82, 2.24) is 0 Å². The van der Waals surface area contributed by atoms with Crippen LogP contribution in [0.4, 0.5) is 10.1 Å². The largest absolute Gasteiger partial charge is 0.504 e. The number of benzene rings is 1. The SMILES string of the molecule is Nc1cc2ccsc2c(O)c1F. The van der Waals surface area contributed by atoms with Crippen molar-refractivity contribution in [2.45, 2.75) is 0 Å². The van der Waals surface area contributed by atoms with Gasteiger partial charge in [-0.2, -0.15) is 0 Å². The molecule has 0 saturated carbocycles. The van der Waals surface area contributed by atoms with Crippen molar-refractivity contribution in [2.75, 3.05) is 5.73 Å². The second-order valence-electron chi connectivity index (χ2n) is 2.47. The number of thiophene rings is 1. The number of phenolic OH excluding ortho intramolecular Hbond substituents is 1. The van der Waals surface area contributed by atoms with Crippen LogP contribution in [-0.4, -0.2) is 5.11 Å². The Balaban J connectivity index is 2.94. The molecule has 0 saturated heterocycles. The van der Waals surface area contributed by atoms with Crippen molar-refractivity contribution in [2.24, 2.45) is 0 Å². The van der Waals surface area contributed by atoms with Crippen LogP contribution in [0.5, 0.6) is 5.75 Å². The Morgan fingerprint density at radius 2 is 2.25 bits per heavy atom. The number of fused-ring (bicyclic) bond motifs is 1. The summed E-state index contributed by atoms with van der Waals surface area (Å²) in [5.74, 6) is -1.08. The van der Waals surface area contributed by atoms with Crippen LogP contribution in [-0.2, 0) is 0 Å². The predicted molar refractivity (Wildman–Crippen MR) is 47.9 cm³/mol. The third kappa shape index (κ3) is 0.848. The van der Waals surface area contributed by atoms with Gasteiger partial charge in [0.2, 0.25) is 0 Å². The van der Waals surface area contributed by atoms with E-state index in [1.54, 1.807) is 11.4 Å². The van der Waals surface area contributed by atoms with Crippen LogP contribution >= 0.6 is 11.3 Å². The van der Waals surface area contributed by atoms with Crippen molar-refractivity contribution in [3.05, 3.63) is 23.3 Å². The van der Waals surface area contributed by atoms with E-state index in [1.165, 1.54) is 17.4 Å². The minimum Gasteiger partial charge on any atom is -0.504 e. The van der Waals surface area contributed by atoms with E-state index in [1.807, 2.05) is 0 Å². The molecule has 1 heterocycles. The number of hydrogen-bond acceptors (Lipinski definition) is 3. The number of phenols is 1. The fourth-order valence-electron chi connectivity index (χ4n) is 1.09. The molecule has 3 N–H and O–H groups in total. The predicted octanol–water partition coefficient (Wildman–Crippen LogP) is 2.33. The first-order chi connectivity index (χ1) is 5.70. The second-order valence-corrected chi connectivity index (χ2v) is 3.38. The molecule has 0 radical (unpaired) electrons. The van der Waals surface area contributed by atoms with Gasteiger partial charge in [-0.1, -0.05) is 0 Å². The minimum absolute atomic E-state index is 0.0154. The normalized spacial score (nSPS) is 10.8. The van der Waals surface area contributed by atoms with Crippen LogP contribution in [0.2, 0.25) is 0 Å². The topological polar surface area (TPSA) is 46.2 Å². The standard InChI is InChI=1S/C8H6FNOS/c9-6-5(10)3-4-1-2-12-8(4)7(6)11/h1-3,11H,10H2. The highest BCUT2D eigenvalue weighted by Crippen LogP contribution is 2.35. The average Bonchev–Trinajstić information content (AvgIpc) is 2.48. The van der Waals surface area contributed by atoms with E-state index >= 15 is 0 Å². The molecule has 2 nitrogen and oxygen atoms in total. The van der Waals surface area contributed by atoms with Gasteiger partial charge < -0.3 is 10.8 Å². The fraction of sp³-hybridized carbons (Fsp3) is 0. The summed E-state index contributed by atoms with van der Waals surface area (Å²) in [7, 11) is 0. The van der Waals surface area contributed by atoms with Gasteiger partial charge in [0.15, 0.2) is 11.6 Å². The zero-order chi connectivity index (χ0) is 8.72. The lowest BCUT2D eigenvalue weighted by atomic mass is 10.2. The van der Waals surface area contributed by atoms with Crippen LogP contribution < -0.4 is 5.73 Å². The highest BCUT2D eigenvalue weighted by atomic mass is 32.1. The van der Waals surface area contributed by atoms with Crippen molar-refractivity contribution in [1.29, 1.82) is 0 Å². The maximum atomic E-state index is 13.0. The Hall–Kier alpha value is -1.29. The third-order valence-electron chi connectivity index (χ3n) is 1.68. The summed E-state index contributed by atoms with van der Waals surface area (Å²) in [6.07, 6.45) is 0. The molecule has 0 aliphatic heterocycles. The van der Waals surface area contributed by atoms with Gasteiger partial charge >= 0.3 is 0 Å². The summed E-state index contributed by atoms with van der Waals surface area (Å²) >= 11 is 1.29. The molecule has 2 aromatic rings. The van der Waals surface area contributed by atoms with E-state index in [2.05, 4.69) is 0 Å². The van der Waals surface area contributed by atoms with Crippen LogP contribution in [0.1, 0.15) is 0 Å². The quantitative estimate of drug-likeness (QED) is 0.616. The van der Waals surface area contributed by atoms with Crippen LogP contribution in [0.15, 0.2) is 17.5 Å². The van der Waals surface area contributed by atoms with Gasteiger partial charge in [-0.25, -0.2) is 4.39 Å². The molecule has 12 heavy (non-hydrogen) atoms. The monoisotopic (exact) mass is 183 g/mol. The average molecular weight is 183 g/mol. The lowest BCUT2D eigenvalue weighted by molar-refractivity contribution is 0.441. The molecule has 0 aliphatic rings. The van der Waals surface area contributed by atoms with Crippen LogP contribution in [0.3, 0.4) is 0 Å². The van der Waals surface area contributed by atoms with E-state index < -0.39 is 5.82 Å². The molecule has 0 atom stereocenters. The molecule has 62 valence electrons. The number of rotatable bonds is 0. The summed E-state index contributed by atoms with van der Waals surface area (Å²) in [6, 6.07) is 3.30. The lowest BCUT2D eigenvalue weighted by Crippen LogP contribution is -1.89. The van der Waals surface area contributed by atoms with E-state index in [4.69, 9.17) is 5.73 Å². The Kier molecular flexibility index (Phi) is 1.44. The highest BCUT2D eigenvalue weighted by molar-refractivity contribution is 7.17. The smallest absolute Gasteiger partial charge is 0.189 e. The Morgan fingerprint density at radius 1 is 1.50 bits per heavy atom. The zero-order valence-electron chi connectivity index (χ0n) is 6.04. The van der Waals surface area contributed by atoms with E-state index in [9.17, 15) is 9.50 Å². The van der Waals surface area contributed by atoms with Gasteiger partial charge in [-0.3, -0.25) is 0 Å². The number of nitrogen functional groups attached to an aromatic ring is 1. The molecule has 0 spiro atoms. The summed E-state index contributed by atoms with van der Waals surface area (Å²) in [6.45, 7) is 0. The highest BCUT2D eigenvalue weighted by Gasteiger charge is 2.10. The first kappa shape index (κ1) is 7.36. The molecule has 2 rings (SSSR count). The molecule has 0 aliphatic carbocycles. The molecule has 4 heteroatoms. The van der Waals surface area contributed by atoms with Crippen molar-refractivity contribution in [3.8, 4) is 5.75 Å². The van der Waals surface area contributed by atoms with Crippen LogP contribution in [0, 0.1) is 5.82 Å². The summed E-state index contributed by atoms with van der Waals surface area (Å²) in [5.41, 5.74) is 5.30. The molecule has 1 aromatic heterocycles. The van der Waals surface area contributed by atoms with Crippen molar-refractivity contribution in [3.63, 3.8) is 0 Å². The maximum Gasteiger partial charge on any atom is 0.189 e. The second kappa shape index (κ2) is 2.35. The van der Waals surface area contributed by atoms with Gasteiger partial charge in [0.25, 0.3) is 0 Å². The first-order valence-electron chi connectivity index (χ1n) is 3.34. The lowest BCUT2D eigenvalue weighted by Gasteiger charge is -1.99. The Labute approximate surface area is 72.1 Å². The zero-order valence-corrected chi connectivity index (χ0v) is 6.86. The number of halogens is 1. The minimum atomic E-state index is -0.732. The molecular weight excluding hydrogens is 177 g/mol. The van der Waals surface area contributed by atoms with E-state index in [-0.39, 0.29) is 11.4 Å². The van der Waals surface area contributed by atoms with Crippen LogP contribution in [0.25, 0.3) is 10.1 Å². The van der Waals surface area contributed by atoms with Gasteiger partial charge in [-0.05, 0) is 22.9 Å². The van der Waals surface area contributed by atoms with Crippen molar-refractivity contribution >= 4 is 27.1 Å². The first-order valence-corrected chi connectivity index (χ1v) is 4.22. The summed E-state index contributed by atoms with van der Waals surface area (Å²) in [5, 5.41) is 11.8. The fourth-order valence-corrected chi connectivity index (χ4v) is 1.91. The van der Waals surface area contributed by atoms with Gasteiger partial charge in [0.1, 0.15) is 0 Å². The van der Waals surface area contributed by atoms with Crippen molar-refractivity contribution < 1.29 is 9.50 Å². The van der Waals surface area contributed by atoms with Gasteiger partial charge in [0.05, 0.1) is 10.4 Å². The molecule has 0 bridgehead atoms. The number of nitrogens with two attached hydrogens (primary N) is 1. The van der Waals surface area contributed by atoms with E-state index in [0.29, 0.717) is 4.70 Å². The molecule has 0 amide bonds. The number of aromatic hydroxyl groups is 1. The molecule has 0 fully saturated rings. The molecule has 1 aromatic carbocycles. The van der Waals surface area contributed by atoms with Gasteiger partial charge in [-0.15, -0.1) is 11.3 Å². The summed E-state index contributed by atoms with van der Waals surface area (Å²) in [4.78, 5) is 0. The summed E-state index contributed by atoms with van der Waals surface area (Å²) < 4.78 is 13.5. The Morgan fingerprint density at radius 3 is 3.00 bits per heavy atom. The Bertz CT molecular complexity index is 438. The van der Waals surface area contributed by atoms with E-state index in [0.717, 1.165) is 5.39 Å². The third-order valence-corrected chi connectivity index (χ3v) is 2.62. The molecule has 0 unspecified atom stereocenters. The number of hydrogen-bond donors (Lipinski definition) is 2. The maximum absolute atomic E-state index is 13.0.